The van der Waals surface area contributed by atoms with Gasteiger partial charge in [0.05, 0.1) is 6.42 Å². The number of hydrogen-bond donors (Lipinski definition) is 0. The number of aryl methyl sites for hydroxylation is 1. The Bertz CT molecular complexity index is 660. The van der Waals surface area contributed by atoms with Crippen LogP contribution in [0.4, 0.5) is 0 Å². The molecule has 0 unspecified atom stereocenters. The van der Waals surface area contributed by atoms with Gasteiger partial charge < -0.3 is 14.7 Å². The maximum atomic E-state index is 12.7. The number of rotatable bonds is 4. The molecule has 2 fully saturated rings. The summed E-state index contributed by atoms with van der Waals surface area (Å²) in [6.07, 6.45) is 2.73. The zero-order valence-corrected chi connectivity index (χ0v) is 15.4. The lowest BCUT2D eigenvalue weighted by Crippen LogP contribution is -2.51. The molecule has 0 saturated carbocycles. The molecule has 0 atom stereocenters. The van der Waals surface area contributed by atoms with Crippen molar-refractivity contribution >= 4 is 18.2 Å². The van der Waals surface area contributed by atoms with Crippen molar-refractivity contribution in [3.63, 3.8) is 0 Å². The summed E-state index contributed by atoms with van der Waals surface area (Å²) >= 11 is 0. The molecular weight excluding hydrogens is 330 g/mol. The summed E-state index contributed by atoms with van der Waals surface area (Å²) in [6.45, 7) is 5.78. The van der Waals surface area contributed by atoms with Crippen molar-refractivity contribution in [1.29, 1.82) is 0 Å². The number of nitrogens with zero attached hydrogens (tertiary/aromatic N) is 3. The van der Waals surface area contributed by atoms with Crippen LogP contribution >= 0.6 is 0 Å². The summed E-state index contributed by atoms with van der Waals surface area (Å²) in [5, 5.41) is 0. The maximum Gasteiger partial charge on any atom is 0.226 e. The van der Waals surface area contributed by atoms with E-state index >= 15 is 0 Å². The first kappa shape index (κ1) is 18.4. The van der Waals surface area contributed by atoms with E-state index in [0.29, 0.717) is 45.7 Å². The molecule has 6 heteroatoms. The van der Waals surface area contributed by atoms with E-state index in [2.05, 4.69) is 0 Å². The van der Waals surface area contributed by atoms with E-state index in [1.807, 2.05) is 41.0 Å². The zero-order chi connectivity index (χ0) is 18.5. The van der Waals surface area contributed by atoms with Crippen LogP contribution in [-0.2, 0) is 20.8 Å². The Balaban J connectivity index is 1.47. The van der Waals surface area contributed by atoms with Crippen LogP contribution in [0.1, 0.15) is 24.0 Å². The van der Waals surface area contributed by atoms with Gasteiger partial charge in [0.2, 0.25) is 18.2 Å². The van der Waals surface area contributed by atoms with Crippen LogP contribution in [0.2, 0.25) is 0 Å². The van der Waals surface area contributed by atoms with Crippen LogP contribution in [0.5, 0.6) is 0 Å². The van der Waals surface area contributed by atoms with Crippen LogP contribution in [0, 0.1) is 12.8 Å². The molecule has 2 heterocycles. The lowest BCUT2D eigenvalue weighted by Gasteiger charge is -2.37. The molecule has 140 valence electrons. The lowest BCUT2D eigenvalue weighted by atomic mass is 9.94. The average Bonchev–Trinajstić information content (AvgIpc) is 2.67. The normalized spacial score (nSPS) is 18.7. The fourth-order valence-corrected chi connectivity index (χ4v) is 3.79. The van der Waals surface area contributed by atoms with Crippen LogP contribution < -0.4 is 0 Å². The molecule has 0 bridgehead atoms. The quantitative estimate of drug-likeness (QED) is 0.758. The predicted octanol–water partition coefficient (Wildman–Crippen LogP) is 1.08. The monoisotopic (exact) mass is 357 g/mol. The molecule has 0 N–H and O–H groups in total. The van der Waals surface area contributed by atoms with E-state index in [4.69, 9.17) is 0 Å². The molecule has 2 aliphatic rings. The topological polar surface area (TPSA) is 60.9 Å². The van der Waals surface area contributed by atoms with Gasteiger partial charge in [-0.15, -0.1) is 0 Å². The first-order valence-corrected chi connectivity index (χ1v) is 9.38. The molecule has 26 heavy (non-hydrogen) atoms. The third-order valence-corrected chi connectivity index (χ3v) is 5.41. The predicted molar refractivity (Wildman–Crippen MR) is 98.4 cm³/mol. The van der Waals surface area contributed by atoms with Gasteiger partial charge in [0, 0.05) is 45.2 Å². The van der Waals surface area contributed by atoms with E-state index < -0.39 is 0 Å². The number of benzene rings is 1. The van der Waals surface area contributed by atoms with Crippen LogP contribution in [0.25, 0.3) is 0 Å². The van der Waals surface area contributed by atoms with Crippen molar-refractivity contribution in [2.75, 3.05) is 39.3 Å². The number of piperidine rings is 1. The Labute approximate surface area is 154 Å². The van der Waals surface area contributed by atoms with Crippen molar-refractivity contribution in [3.05, 3.63) is 35.4 Å². The van der Waals surface area contributed by atoms with Crippen LogP contribution in [0.3, 0.4) is 0 Å². The lowest BCUT2D eigenvalue weighted by molar-refractivity contribution is -0.142. The third-order valence-electron chi connectivity index (χ3n) is 5.41. The van der Waals surface area contributed by atoms with Gasteiger partial charge in [-0.1, -0.05) is 29.8 Å². The fraction of sp³-hybridized carbons (Fsp3) is 0.550. The largest absolute Gasteiger partial charge is 0.342 e. The Kier molecular flexibility index (Phi) is 5.91. The molecule has 3 amide bonds. The molecule has 0 aromatic heterocycles. The zero-order valence-electron chi connectivity index (χ0n) is 15.4. The fourth-order valence-electron chi connectivity index (χ4n) is 3.79. The van der Waals surface area contributed by atoms with Crippen molar-refractivity contribution in [2.24, 2.45) is 5.92 Å². The first-order chi connectivity index (χ1) is 12.6. The minimum Gasteiger partial charge on any atom is -0.342 e. The molecule has 0 radical (unpaired) electrons. The summed E-state index contributed by atoms with van der Waals surface area (Å²) in [5.74, 6) is 0.322. The average molecular weight is 357 g/mol. The number of piperazine rings is 1. The Morgan fingerprint density at radius 3 is 2.35 bits per heavy atom. The number of likely N-dealkylation sites (tertiary alicyclic amines) is 1. The Morgan fingerprint density at radius 1 is 1.04 bits per heavy atom. The Morgan fingerprint density at radius 2 is 1.73 bits per heavy atom. The molecule has 2 saturated heterocycles. The highest BCUT2D eigenvalue weighted by atomic mass is 16.2. The summed E-state index contributed by atoms with van der Waals surface area (Å²) < 4.78 is 0. The smallest absolute Gasteiger partial charge is 0.226 e. The highest BCUT2D eigenvalue weighted by Gasteiger charge is 2.31. The maximum absolute atomic E-state index is 12.7. The molecular formula is C20H27N3O3. The highest BCUT2D eigenvalue weighted by molar-refractivity contribution is 5.81. The number of amides is 3. The number of carbonyl (C=O) groups excluding carboxylic acids is 3. The van der Waals surface area contributed by atoms with Gasteiger partial charge in [0.1, 0.15) is 0 Å². The molecule has 2 aliphatic heterocycles. The highest BCUT2D eigenvalue weighted by Crippen LogP contribution is 2.21. The summed E-state index contributed by atoms with van der Waals surface area (Å²) in [5.41, 5.74) is 2.20. The second-order valence-electron chi connectivity index (χ2n) is 7.29. The van der Waals surface area contributed by atoms with Gasteiger partial charge in [-0.25, -0.2) is 0 Å². The molecule has 1 aromatic carbocycles. The standard InChI is InChI=1S/C20H27N3O3/c1-16-3-2-4-17(13-16)14-19(25)22-7-5-18(6-8-22)20(26)23-11-9-21(15-24)10-12-23/h2-4,13,15,18H,5-12,14H2,1H3. The Hall–Kier alpha value is -2.37. The van der Waals surface area contributed by atoms with Crippen molar-refractivity contribution in [1.82, 2.24) is 14.7 Å². The molecule has 0 spiro atoms. The SMILES string of the molecule is Cc1cccc(CC(=O)N2CCC(C(=O)N3CCN(C=O)CC3)CC2)c1. The number of hydrogen-bond acceptors (Lipinski definition) is 3. The van der Waals surface area contributed by atoms with Gasteiger partial charge in [-0.3, -0.25) is 14.4 Å². The first-order valence-electron chi connectivity index (χ1n) is 9.38. The molecule has 6 nitrogen and oxygen atoms in total. The van der Waals surface area contributed by atoms with E-state index in [1.54, 1.807) is 4.90 Å². The van der Waals surface area contributed by atoms with Crippen LogP contribution in [0.15, 0.2) is 24.3 Å². The summed E-state index contributed by atoms with van der Waals surface area (Å²) in [7, 11) is 0. The summed E-state index contributed by atoms with van der Waals surface area (Å²) in [4.78, 5) is 41.4. The molecule has 1 aromatic rings. The second-order valence-corrected chi connectivity index (χ2v) is 7.29. The number of carbonyl (C=O) groups is 3. The minimum absolute atomic E-state index is 0.000742. The van der Waals surface area contributed by atoms with Crippen molar-refractivity contribution in [3.8, 4) is 0 Å². The van der Waals surface area contributed by atoms with Crippen molar-refractivity contribution < 1.29 is 14.4 Å². The minimum atomic E-state index is 0.000742. The van der Waals surface area contributed by atoms with E-state index in [9.17, 15) is 14.4 Å². The van der Waals surface area contributed by atoms with E-state index in [1.165, 1.54) is 0 Å². The molecule has 0 aliphatic carbocycles. The molecule has 3 rings (SSSR count). The van der Waals surface area contributed by atoms with Crippen molar-refractivity contribution in [2.45, 2.75) is 26.2 Å². The van der Waals surface area contributed by atoms with Gasteiger partial charge >= 0.3 is 0 Å². The third kappa shape index (κ3) is 4.42. The van der Waals surface area contributed by atoms with Gasteiger partial charge in [0.25, 0.3) is 0 Å². The van der Waals surface area contributed by atoms with Gasteiger partial charge in [0.15, 0.2) is 0 Å². The van der Waals surface area contributed by atoms with Gasteiger partial charge in [-0.2, -0.15) is 0 Å². The van der Waals surface area contributed by atoms with Gasteiger partial charge in [-0.05, 0) is 25.3 Å². The second kappa shape index (κ2) is 8.34. The van der Waals surface area contributed by atoms with E-state index in [0.717, 1.165) is 30.4 Å². The summed E-state index contributed by atoms with van der Waals surface area (Å²) in [6, 6.07) is 8.04. The van der Waals surface area contributed by atoms with Crippen LogP contribution in [-0.4, -0.2) is 72.2 Å². The van der Waals surface area contributed by atoms with E-state index in [-0.39, 0.29) is 17.7 Å².